The molecule has 0 atom stereocenters. The first-order valence-corrected chi connectivity index (χ1v) is 11.2. The molecule has 0 aliphatic rings. The van der Waals surface area contributed by atoms with Gasteiger partial charge in [0.25, 0.3) is 0 Å². The summed E-state index contributed by atoms with van der Waals surface area (Å²) in [6, 6.07) is 24.7. The van der Waals surface area contributed by atoms with Gasteiger partial charge in [0.05, 0.1) is 18.2 Å². The van der Waals surface area contributed by atoms with Gasteiger partial charge in [0.15, 0.2) is 0 Å². The van der Waals surface area contributed by atoms with Crippen LogP contribution in [-0.2, 0) is 5.75 Å². The Morgan fingerprint density at radius 1 is 0.938 bits per heavy atom. The molecular weight excluding hydrogens is 421 g/mol. The standard InChI is InChI=1S/C26H20FN3OS/c1-31-23-13-6-5-12-22(23)30-15-21(19-9-3-2-4-10-19)24-25(30)28-17-29-26(24)32-16-18-8-7-11-20(27)14-18/h2-15,17H,16H2,1H3. The van der Waals surface area contributed by atoms with E-state index in [1.165, 1.54) is 6.07 Å². The van der Waals surface area contributed by atoms with Gasteiger partial charge in [-0.2, -0.15) is 0 Å². The summed E-state index contributed by atoms with van der Waals surface area (Å²) in [6.45, 7) is 0. The maximum Gasteiger partial charge on any atom is 0.149 e. The first-order chi connectivity index (χ1) is 15.7. The van der Waals surface area contributed by atoms with Gasteiger partial charge < -0.3 is 4.74 Å². The van der Waals surface area contributed by atoms with Crippen LogP contribution >= 0.6 is 11.8 Å². The Morgan fingerprint density at radius 3 is 2.56 bits per heavy atom. The molecule has 0 spiro atoms. The maximum atomic E-state index is 13.6. The normalized spacial score (nSPS) is 11.1. The third kappa shape index (κ3) is 3.85. The van der Waals surface area contributed by atoms with Crippen molar-refractivity contribution < 1.29 is 9.13 Å². The van der Waals surface area contributed by atoms with Crippen molar-refractivity contribution in [3.05, 3.63) is 103 Å². The summed E-state index contributed by atoms with van der Waals surface area (Å²) < 4.78 is 21.3. The molecule has 0 radical (unpaired) electrons. The van der Waals surface area contributed by atoms with Crippen LogP contribution in [0.4, 0.5) is 4.39 Å². The molecule has 0 fully saturated rings. The smallest absolute Gasteiger partial charge is 0.149 e. The van der Waals surface area contributed by atoms with E-state index in [0.717, 1.165) is 44.2 Å². The van der Waals surface area contributed by atoms with Crippen molar-refractivity contribution in [1.82, 2.24) is 14.5 Å². The second kappa shape index (κ2) is 8.85. The Labute approximate surface area is 189 Å². The first kappa shape index (κ1) is 20.3. The van der Waals surface area contributed by atoms with Crippen LogP contribution in [0.5, 0.6) is 5.75 Å². The van der Waals surface area contributed by atoms with E-state index < -0.39 is 0 Å². The monoisotopic (exact) mass is 441 g/mol. The van der Waals surface area contributed by atoms with E-state index in [1.54, 1.807) is 37.3 Å². The minimum Gasteiger partial charge on any atom is -0.495 e. The molecule has 3 aromatic carbocycles. The van der Waals surface area contributed by atoms with Gasteiger partial charge in [-0.15, -0.1) is 11.8 Å². The van der Waals surface area contributed by atoms with Gasteiger partial charge in [-0.25, -0.2) is 14.4 Å². The predicted molar refractivity (Wildman–Crippen MR) is 127 cm³/mol. The van der Waals surface area contributed by atoms with Gasteiger partial charge in [0, 0.05) is 17.5 Å². The Morgan fingerprint density at radius 2 is 1.75 bits per heavy atom. The quantitative estimate of drug-likeness (QED) is 0.222. The fourth-order valence-electron chi connectivity index (χ4n) is 3.77. The van der Waals surface area contributed by atoms with Gasteiger partial charge >= 0.3 is 0 Å². The molecule has 0 aliphatic carbocycles. The lowest BCUT2D eigenvalue weighted by Crippen LogP contribution is -1.98. The van der Waals surface area contributed by atoms with Crippen LogP contribution < -0.4 is 4.74 Å². The van der Waals surface area contributed by atoms with E-state index in [9.17, 15) is 4.39 Å². The summed E-state index contributed by atoms with van der Waals surface area (Å²) in [5.41, 5.74) is 4.72. The van der Waals surface area contributed by atoms with E-state index in [0.29, 0.717) is 5.75 Å². The van der Waals surface area contributed by atoms with Crippen LogP contribution in [0, 0.1) is 5.82 Å². The average Bonchev–Trinajstić information content (AvgIpc) is 3.23. The highest BCUT2D eigenvalue weighted by molar-refractivity contribution is 7.98. The van der Waals surface area contributed by atoms with Crippen LogP contribution in [-0.4, -0.2) is 21.6 Å². The second-order valence-corrected chi connectivity index (χ2v) is 8.21. The molecule has 4 nitrogen and oxygen atoms in total. The zero-order valence-corrected chi connectivity index (χ0v) is 18.2. The molecule has 158 valence electrons. The van der Waals surface area contributed by atoms with Crippen molar-refractivity contribution in [2.24, 2.45) is 0 Å². The molecule has 2 aromatic heterocycles. The van der Waals surface area contributed by atoms with E-state index in [1.807, 2.05) is 53.1 Å². The Kier molecular flexibility index (Phi) is 5.60. The Bertz CT molecular complexity index is 1380. The number of para-hydroxylation sites is 2. The van der Waals surface area contributed by atoms with E-state index in [2.05, 4.69) is 28.3 Å². The van der Waals surface area contributed by atoms with Gasteiger partial charge in [0.2, 0.25) is 0 Å². The SMILES string of the molecule is COc1ccccc1-n1cc(-c2ccccc2)c2c(SCc3cccc(F)c3)ncnc21. The number of nitrogens with zero attached hydrogens (tertiary/aromatic N) is 3. The Balaban J connectivity index is 1.68. The molecule has 0 amide bonds. The molecule has 0 saturated carbocycles. The molecule has 0 aliphatic heterocycles. The minimum atomic E-state index is -0.233. The number of halogens is 1. The van der Waals surface area contributed by atoms with Crippen LogP contribution in [0.1, 0.15) is 5.56 Å². The highest BCUT2D eigenvalue weighted by atomic mass is 32.2. The van der Waals surface area contributed by atoms with E-state index in [-0.39, 0.29) is 5.82 Å². The number of methoxy groups -OCH3 is 1. The lowest BCUT2D eigenvalue weighted by Gasteiger charge is -2.10. The number of rotatable bonds is 6. The van der Waals surface area contributed by atoms with Gasteiger partial charge in [-0.05, 0) is 35.4 Å². The van der Waals surface area contributed by atoms with Gasteiger partial charge in [0.1, 0.15) is 28.6 Å². The largest absolute Gasteiger partial charge is 0.495 e. The predicted octanol–water partition coefficient (Wildman–Crippen LogP) is 6.53. The summed E-state index contributed by atoms with van der Waals surface area (Å²) in [6.07, 6.45) is 3.66. The van der Waals surface area contributed by atoms with Crippen molar-refractivity contribution in [2.45, 2.75) is 10.8 Å². The summed E-state index contributed by atoms with van der Waals surface area (Å²) in [7, 11) is 1.66. The van der Waals surface area contributed by atoms with Crippen LogP contribution in [0.15, 0.2) is 96.4 Å². The second-order valence-electron chi connectivity index (χ2n) is 7.25. The van der Waals surface area contributed by atoms with Crippen molar-refractivity contribution in [2.75, 3.05) is 7.11 Å². The lowest BCUT2D eigenvalue weighted by atomic mass is 10.1. The number of fused-ring (bicyclic) bond motifs is 1. The summed E-state index contributed by atoms with van der Waals surface area (Å²) in [5, 5.41) is 1.82. The summed E-state index contributed by atoms with van der Waals surface area (Å²) >= 11 is 1.58. The van der Waals surface area contributed by atoms with Gasteiger partial charge in [-0.1, -0.05) is 54.6 Å². The molecule has 0 N–H and O–H groups in total. The zero-order chi connectivity index (χ0) is 21.9. The third-order valence-electron chi connectivity index (χ3n) is 5.24. The maximum absolute atomic E-state index is 13.6. The molecule has 0 bridgehead atoms. The lowest BCUT2D eigenvalue weighted by molar-refractivity contribution is 0.413. The van der Waals surface area contributed by atoms with Crippen molar-refractivity contribution >= 4 is 22.8 Å². The molecule has 6 heteroatoms. The number of benzene rings is 3. The first-order valence-electron chi connectivity index (χ1n) is 10.2. The van der Waals surface area contributed by atoms with Crippen molar-refractivity contribution in [3.63, 3.8) is 0 Å². The topological polar surface area (TPSA) is 39.9 Å². The number of aromatic nitrogens is 3. The molecule has 0 unspecified atom stereocenters. The molecular formula is C26H20FN3OS. The van der Waals surface area contributed by atoms with Crippen LogP contribution in [0.3, 0.4) is 0 Å². The molecule has 5 aromatic rings. The van der Waals surface area contributed by atoms with Crippen molar-refractivity contribution in [1.29, 1.82) is 0 Å². The number of hydrogen-bond acceptors (Lipinski definition) is 4. The number of ether oxygens (including phenoxy) is 1. The fraction of sp³-hybridized carbons (Fsp3) is 0.0769. The average molecular weight is 442 g/mol. The fourth-order valence-corrected chi connectivity index (χ4v) is 4.72. The van der Waals surface area contributed by atoms with Gasteiger partial charge in [-0.3, -0.25) is 4.57 Å². The van der Waals surface area contributed by atoms with Crippen LogP contribution in [0.25, 0.3) is 27.8 Å². The third-order valence-corrected chi connectivity index (χ3v) is 6.30. The number of hydrogen-bond donors (Lipinski definition) is 0. The van der Waals surface area contributed by atoms with E-state index >= 15 is 0 Å². The summed E-state index contributed by atoms with van der Waals surface area (Å²) in [5.74, 6) is 1.14. The van der Waals surface area contributed by atoms with Crippen molar-refractivity contribution in [3.8, 4) is 22.6 Å². The Hall–Kier alpha value is -3.64. The minimum absolute atomic E-state index is 0.233. The van der Waals surface area contributed by atoms with Crippen LogP contribution in [0.2, 0.25) is 0 Å². The number of thioether (sulfide) groups is 1. The van der Waals surface area contributed by atoms with E-state index in [4.69, 9.17) is 4.74 Å². The molecule has 2 heterocycles. The zero-order valence-electron chi connectivity index (χ0n) is 17.4. The summed E-state index contributed by atoms with van der Waals surface area (Å²) in [4.78, 5) is 9.23. The molecule has 0 saturated heterocycles. The highest BCUT2D eigenvalue weighted by Crippen LogP contribution is 2.38. The molecule has 32 heavy (non-hydrogen) atoms. The molecule has 5 rings (SSSR count). The highest BCUT2D eigenvalue weighted by Gasteiger charge is 2.19.